The number of rotatable bonds is 5. The summed E-state index contributed by atoms with van der Waals surface area (Å²) in [6, 6.07) is 0. The van der Waals surface area contributed by atoms with E-state index in [9.17, 15) is 0 Å². The van der Waals surface area contributed by atoms with E-state index >= 15 is 0 Å². The van der Waals surface area contributed by atoms with Gasteiger partial charge < -0.3 is 5.32 Å². The molecular weight excluding hydrogens is 204 g/mol. The van der Waals surface area contributed by atoms with E-state index in [-0.39, 0.29) is 0 Å². The zero-order valence-electron chi connectivity index (χ0n) is 9.20. The maximum atomic E-state index is 4.49. The molecule has 2 saturated carbocycles. The Balaban J connectivity index is 1.44. The lowest BCUT2D eigenvalue weighted by atomic mass is 10.3. The van der Waals surface area contributed by atoms with E-state index in [0.29, 0.717) is 0 Å². The molecule has 3 heteroatoms. The molecule has 0 bridgehead atoms. The molecule has 2 atom stereocenters. The third kappa shape index (κ3) is 2.40. The van der Waals surface area contributed by atoms with Crippen molar-refractivity contribution in [1.29, 1.82) is 0 Å². The number of nitrogens with zero attached hydrogens (tertiary/aromatic N) is 1. The van der Waals surface area contributed by atoms with Crippen LogP contribution >= 0.6 is 11.3 Å². The zero-order chi connectivity index (χ0) is 10.3. The fraction of sp³-hybridized carbons (Fsp3) is 0.750. The molecule has 1 heterocycles. The van der Waals surface area contributed by atoms with Gasteiger partial charge in [0, 0.05) is 23.5 Å². The van der Waals surface area contributed by atoms with Crippen LogP contribution in [0.4, 0.5) is 0 Å². The summed E-state index contributed by atoms with van der Waals surface area (Å²) in [6.07, 6.45) is 6.20. The van der Waals surface area contributed by atoms with Crippen molar-refractivity contribution in [3.05, 3.63) is 16.1 Å². The molecule has 3 rings (SSSR count). The molecule has 2 unspecified atom stereocenters. The largest absolute Gasteiger partial charge is 0.312 e. The summed E-state index contributed by atoms with van der Waals surface area (Å²) in [6.45, 7) is 4.55. The topological polar surface area (TPSA) is 24.9 Å². The van der Waals surface area contributed by atoms with Gasteiger partial charge in [-0.15, -0.1) is 11.3 Å². The first-order valence-corrected chi connectivity index (χ1v) is 6.80. The molecule has 15 heavy (non-hydrogen) atoms. The van der Waals surface area contributed by atoms with Crippen molar-refractivity contribution in [1.82, 2.24) is 10.3 Å². The number of nitrogens with one attached hydrogen (secondary N) is 1. The highest BCUT2D eigenvalue weighted by molar-refractivity contribution is 7.11. The van der Waals surface area contributed by atoms with Crippen molar-refractivity contribution < 1.29 is 0 Å². The number of aromatic nitrogens is 1. The normalized spacial score (nSPS) is 29.4. The average Bonchev–Trinajstić information content (AvgIpc) is 3.12. The Morgan fingerprint density at radius 2 is 2.33 bits per heavy atom. The minimum absolute atomic E-state index is 0.812. The predicted octanol–water partition coefficient (Wildman–Crippen LogP) is 2.77. The van der Waals surface area contributed by atoms with E-state index < -0.39 is 0 Å². The second kappa shape index (κ2) is 3.87. The van der Waals surface area contributed by atoms with Crippen molar-refractivity contribution in [2.24, 2.45) is 11.8 Å². The smallest absolute Gasteiger partial charge is 0.0959 e. The summed E-state index contributed by atoms with van der Waals surface area (Å²) < 4.78 is 0. The van der Waals surface area contributed by atoms with Gasteiger partial charge in [0.1, 0.15) is 0 Å². The first kappa shape index (κ1) is 9.79. The van der Waals surface area contributed by atoms with Crippen LogP contribution in [0.2, 0.25) is 0 Å². The Labute approximate surface area is 95.1 Å². The van der Waals surface area contributed by atoms with Crippen LogP contribution in [0.3, 0.4) is 0 Å². The van der Waals surface area contributed by atoms with Gasteiger partial charge in [0.05, 0.1) is 5.01 Å². The maximum Gasteiger partial charge on any atom is 0.0959 e. The summed E-state index contributed by atoms with van der Waals surface area (Å²) >= 11 is 1.90. The Morgan fingerprint density at radius 1 is 1.53 bits per heavy atom. The Kier molecular flexibility index (Phi) is 2.53. The summed E-state index contributed by atoms with van der Waals surface area (Å²) in [7, 11) is 0. The molecule has 2 aliphatic rings. The second-order valence-electron chi connectivity index (χ2n) is 5.04. The second-order valence-corrected chi connectivity index (χ2v) is 6.19. The van der Waals surface area contributed by atoms with E-state index in [2.05, 4.69) is 23.4 Å². The maximum absolute atomic E-state index is 4.49. The van der Waals surface area contributed by atoms with Gasteiger partial charge >= 0.3 is 0 Å². The van der Waals surface area contributed by atoms with Gasteiger partial charge in [-0.2, -0.15) is 0 Å². The van der Waals surface area contributed by atoms with Gasteiger partial charge in [0.2, 0.25) is 0 Å². The molecule has 1 N–H and O–H groups in total. The fourth-order valence-electron chi connectivity index (χ4n) is 1.99. The van der Waals surface area contributed by atoms with Crippen LogP contribution < -0.4 is 5.32 Å². The minimum atomic E-state index is 0.812. The zero-order valence-corrected chi connectivity index (χ0v) is 10.0. The molecule has 0 radical (unpaired) electrons. The molecule has 0 amide bonds. The van der Waals surface area contributed by atoms with Gasteiger partial charge in [0.25, 0.3) is 0 Å². The van der Waals surface area contributed by atoms with E-state index in [0.717, 1.165) is 24.3 Å². The van der Waals surface area contributed by atoms with E-state index in [4.69, 9.17) is 0 Å². The molecule has 0 saturated heterocycles. The van der Waals surface area contributed by atoms with E-state index in [1.54, 1.807) is 0 Å². The van der Waals surface area contributed by atoms with Gasteiger partial charge in [0.15, 0.2) is 0 Å². The van der Waals surface area contributed by atoms with Crippen molar-refractivity contribution in [2.75, 3.05) is 6.54 Å². The van der Waals surface area contributed by atoms with E-state index in [1.807, 2.05) is 11.3 Å². The quantitative estimate of drug-likeness (QED) is 0.828. The fourth-order valence-corrected chi connectivity index (χ4v) is 3.04. The lowest BCUT2D eigenvalue weighted by Gasteiger charge is -2.00. The Morgan fingerprint density at radius 3 is 3.00 bits per heavy atom. The summed E-state index contributed by atoms with van der Waals surface area (Å²) in [5.41, 5.74) is 0. The molecule has 1 aromatic heterocycles. The first-order valence-electron chi connectivity index (χ1n) is 5.98. The van der Waals surface area contributed by atoms with Crippen LogP contribution in [0.15, 0.2) is 6.20 Å². The van der Waals surface area contributed by atoms with Crippen LogP contribution in [-0.4, -0.2) is 11.5 Å². The lowest BCUT2D eigenvalue weighted by Crippen LogP contribution is -2.15. The van der Waals surface area contributed by atoms with Crippen LogP contribution in [0, 0.1) is 11.8 Å². The van der Waals surface area contributed by atoms with Gasteiger partial charge in [-0.3, -0.25) is 0 Å². The lowest BCUT2D eigenvalue weighted by molar-refractivity contribution is 0.615. The van der Waals surface area contributed by atoms with Gasteiger partial charge in [-0.25, -0.2) is 4.98 Å². The molecular formula is C12H18N2S. The molecule has 2 fully saturated rings. The molecule has 82 valence electrons. The van der Waals surface area contributed by atoms with Crippen molar-refractivity contribution in [3.8, 4) is 0 Å². The van der Waals surface area contributed by atoms with Crippen molar-refractivity contribution in [3.63, 3.8) is 0 Å². The number of thiazole rings is 1. The Bertz CT molecular complexity index is 343. The van der Waals surface area contributed by atoms with Crippen LogP contribution in [0.25, 0.3) is 0 Å². The highest BCUT2D eigenvalue weighted by atomic mass is 32.1. The van der Waals surface area contributed by atoms with Gasteiger partial charge in [-0.1, -0.05) is 6.92 Å². The molecule has 0 spiro atoms. The van der Waals surface area contributed by atoms with Crippen LogP contribution in [-0.2, 0) is 6.54 Å². The van der Waals surface area contributed by atoms with Gasteiger partial charge in [-0.05, 0) is 37.6 Å². The third-order valence-corrected chi connectivity index (χ3v) is 4.64. The molecule has 2 aliphatic carbocycles. The van der Waals surface area contributed by atoms with Crippen LogP contribution in [0.1, 0.15) is 42.0 Å². The molecule has 0 aromatic carbocycles. The highest BCUT2D eigenvalue weighted by Gasteiger charge is 2.31. The number of hydrogen-bond acceptors (Lipinski definition) is 3. The van der Waals surface area contributed by atoms with E-state index in [1.165, 1.54) is 35.7 Å². The predicted molar refractivity (Wildman–Crippen MR) is 63.1 cm³/mol. The highest BCUT2D eigenvalue weighted by Crippen LogP contribution is 2.41. The van der Waals surface area contributed by atoms with Crippen molar-refractivity contribution >= 4 is 11.3 Å². The standard InChI is InChI=1S/C12H18N2S/c1-8-4-10(8)5-13-6-11-7-14-12(15-11)9-2-3-9/h7-10,13H,2-6H2,1H3. The molecule has 2 nitrogen and oxygen atoms in total. The average molecular weight is 222 g/mol. The monoisotopic (exact) mass is 222 g/mol. The third-order valence-electron chi connectivity index (χ3n) is 3.48. The van der Waals surface area contributed by atoms with Crippen LogP contribution in [0.5, 0.6) is 0 Å². The Hall–Kier alpha value is -0.410. The molecule has 0 aliphatic heterocycles. The first-order chi connectivity index (χ1) is 7.33. The summed E-state index contributed by atoms with van der Waals surface area (Å²) in [4.78, 5) is 5.89. The SMILES string of the molecule is CC1CC1CNCc1cnc(C2CC2)s1. The number of hydrogen-bond donors (Lipinski definition) is 1. The minimum Gasteiger partial charge on any atom is -0.312 e. The summed E-state index contributed by atoms with van der Waals surface area (Å²) in [5, 5.41) is 4.90. The van der Waals surface area contributed by atoms with Crippen molar-refractivity contribution in [2.45, 2.75) is 38.6 Å². The summed E-state index contributed by atoms with van der Waals surface area (Å²) in [5.74, 6) is 2.72. The molecule has 1 aromatic rings.